The third kappa shape index (κ3) is 4.22. The SMILES string of the molecule is O=c1[nH]c(CSC2CCC(O)CC2)nc2c1=C(F)C(F)C(=NC1CCCC1)C=2. The number of aromatic nitrogens is 2. The average Bonchev–Trinajstić information content (AvgIpc) is 3.18. The maximum absolute atomic E-state index is 14.6. The summed E-state index contributed by atoms with van der Waals surface area (Å²) in [6.07, 6.45) is 6.55. The third-order valence-corrected chi connectivity index (χ3v) is 7.14. The van der Waals surface area contributed by atoms with Gasteiger partial charge in [-0.1, -0.05) is 12.8 Å². The molecule has 0 aliphatic heterocycles. The van der Waals surface area contributed by atoms with Crippen LogP contribution in [-0.4, -0.2) is 44.4 Å². The molecule has 28 heavy (non-hydrogen) atoms. The molecule has 0 saturated heterocycles. The van der Waals surface area contributed by atoms with Gasteiger partial charge in [0.1, 0.15) is 11.0 Å². The van der Waals surface area contributed by atoms with E-state index in [1.165, 1.54) is 6.08 Å². The first-order valence-corrected chi connectivity index (χ1v) is 11.1. The lowest BCUT2D eigenvalue weighted by Crippen LogP contribution is -2.50. The van der Waals surface area contributed by atoms with Crippen molar-refractivity contribution in [2.24, 2.45) is 4.99 Å². The quantitative estimate of drug-likeness (QED) is 0.796. The molecule has 0 aromatic carbocycles. The summed E-state index contributed by atoms with van der Waals surface area (Å²) in [4.78, 5) is 23.7. The maximum Gasteiger partial charge on any atom is 0.261 e. The van der Waals surface area contributed by atoms with Crippen LogP contribution >= 0.6 is 11.8 Å². The Morgan fingerprint density at radius 1 is 1.21 bits per heavy atom. The van der Waals surface area contributed by atoms with E-state index in [4.69, 9.17) is 0 Å². The minimum absolute atomic E-state index is 0.0255. The topological polar surface area (TPSA) is 78.3 Å². The predicted octanol–water partition coefficient (Wildman–Crippen LogP) is 1.90. The molecule has 1 atom stereocenters. The number of aliphatic imine (C=N–C) groups is 1. The number of hydrogen-bond acceptors (Lipinski definition) is 5. The molecule has 3 aliphatic rings. The van der Waals surface area contributed by atoms with Crippen LogP contribution in [0.3, 0.4) is 0 Å². The Balaban J connectivity index is 1.59. The highest BCUT2D eigenvalue weighted by Crippen LogP contribution is 2.30. The molecule has 2 N–H and O–H groups in total. The molecule has 0 radical (unpaired) electrons. The summed E-state index contributed by atoms with van der Waals surface area (Å²) in [5.41, 5.74) is -0.606. The number of H-pyrrole nitrogens is 1. The van der Waals surface area contributed by atoms with Crippen LogP contribution < -0.4 is 16.1 Å². The van der Waals surface area contributed by atoms with E-state index in [2.05, 4.69) is 15.0 Å². The lowest BCUT2D eigenvalue weighted by molar-refractivity contribution is 0.132. The molecule has 1 aromatic rings. The highest BCUT2D eigenvalue weighted by molar-refractivity contribution is 7.99. The number of aromatic amines is 1. The van der Waals surface area contributed by atoms with E-state index >= 15 is 0 Å². The molecular formula is C20H25F2N3O2S. The number of halogens is 2. The van der Waals surface area contributed by atoms with Crippen LogP contribution in [0.4, 0.5) is 8.78 Å². The van der Waals surface area contributed by atoms with E-state index in [-0.39, 0.29) is 28.4 Å². The maximum atomic E-state index is 14.6. The second kappa shape index (κ2) is 8.45. The number of thioether (sulfide) groups is 1. The molecule has 4 rings (SSSR count). The molecular weight excluding hydrogens is 384 g/mol. The summed E-state index contributed by atoms with van der Waals surface area (Å²) in [5.74, 6) is -0.141. The molecule has 3 aliphatic carbocycles. The van der Waals surface area contributed by atoms with Crippen molar-refractivity contribution in [3.63, 3.8) is 0 Å². The summed E-state index contributed by atoms with van der Waals surface area (Å²) in [6, 6.07) is 0.0255. The third-order valence-electron chi connectivity index (χ3n) is 5.76. The van der Waals surface area contributed by atoms with Gasteiger partial charge in [-0.05, 0) is 44.6 Å². The van der Waals surface area contributed by atoms with Crippen LogP contribution in [-0.2, 0) is 5.75 Å². The number of aliphatic hydroxyl groups is 1. The first kappa shape index (κ1) is 19.8. The fourth-order valence-corrected chi connectivity index (χ4v) is 5.30. The molecule has 0 bridgehead atoms. The average molecular weight is 410 g/mol. The molecule has 0 spiro atoms. The summed E-state index contributed by atoms with van der Waals surface area (Å²) in [5, 5.41) is 9.87. The zero-order valence-electron chi connectivity index (χ0n) is 15.7. The number of nitrogens with zero attached hydrogens (tertiary/aromatic N) is 2. The highest BCUT2D eigenvalue weighted by Gasteiger charge is 2.27. The zero-order valence-corrected chi connectivity index (χ0v) is 16.5. The number of rotatable bonds is 4. The van der Waals surface area contributed by atoms with E-state index in [1.54, 1.807) is 11.8 Å². The fourth-order valence-electron chi connectivity index (χ4n) is 4.17. The van der Waals surface area contributed by atoms with Crippen molar-refractivity contribution >= 4 is 29.4 Å². The Hall–Kier alpha value is -1.54. The smallest absolute Gasteiger partial charge is 0.261 e. The minimum atomic E-state index is -2.00. The van der Waals surface area contributed by atoms with Crippen LogP contribution in [0.5, 0.6) is 0 Å². The largest absolute Gasteiger partial charge is 0.393 e. The molecule has 2 fully saturated rings. The van der Waals surface area contributed by atoms with Gasteiger partial charge >= 0.3 is 0 Å². The van der Waals surface area contributed by atoms with Gasteiger partial charge in [0.2, 0.25) is 0 Å². The highest BCUT2D eigenvalue weighted by atomic mass is 32.2. The van der Waals surface area contributed by atoms with Crippen LogP contribution in [0, 0.1) is 0 Å². The van der Waals surface area contributed by atoms with E-state index in [0.29, 0.717) is 16.8 Å². The summed E-state index contributed by atoms with van der Waals surface area (Å²) in [6.45, 7) is 0. The number of aliphatic hydroxyl groups excluding tert-OH is 1. The standard InChI is InChI=1S/C20H25F2N3O2S/c21-18-15(23-11-3-1-2-4-11)9-14-17(19(18)22)20(27)25-16(24-14)10-28-13-7-5-12(26)6-8-13/h9,11-13,18,26H,1-8,10H2,(H,24,25,27). The van der Waals surface area contributed by atoms with Crippen molar-refractivity contribution in [1.29, 1.82) is 0 Å². The van der Waals surface area contributed by atoms with Gasteiger partial charge in [0.25, 0.3) is 5.56 Å². The van der Waals surface area contributed by atoms with E-state index < -0.39 is 17.6 Å². The van der Waals surface area contributed by atoms with Crippen LogP contribution in [0.1, 0.15) is 57.2 Å². The second-order valence-corrected chi connectivity index (χ2v) is 9.15. The Kier molecular flexibility index (Phi) is 5.96. The van der Waals surface area contributed by atoms with Crippen molar-refractivity contribution in [2.45, 2.75) is 80.7 Å². The fraction of sp³-hybridized carbons (Fsp3) is 0.650. The first-order chi connectivity index (χ1) is 13.5. The summed E-state index contributed by atoms with van der Waals surface area (Å²) >= 11 is 1.68. The summed E-state index contributed by atoms with van der Waals surface area (Å²) < 4.78 is 29.0. The monoisotopic (exact) mass is 409 g/mol. The zero-order chi connectivity index (χ0) is 19.7. The number of nitrogens with one attached hydrogen (secondary N) is 1. The van der Waals surface area contributed by atoms with Gasteiger partial charge in [-0.15, -0.1) is 0 Å². The van der Waals surface area contributed by atoms with Gasteiger partial charge < -0.3 is 10.1 Å². The minimum Gasteiger partial charge on any atom is -0.393 e. The Bertz CT molecular complexity index is 932. The molecule has 1 heterocycles. The summed E-state index contributed by atoms with van der Waals surface area (Å²) in [7, 11) is 0. The normalized spacial score (nSPS) is 29.8. The molecule has 0 amide bonds. The number of hydrogen-bond donors (Lipinski definition) is 2. The molecule has 1 aromatic heterocycles. The van der Waals surface area contributed by atoms with E-state index in [0.717, 1.165) is 51.4 Å². The molecule has 1 unspecified atom stereocenters. The molecule has 152 valence electrons. The molecule has 2 saturated carbocycles. The number of fused-ring (bicyclic) bond motifs is 1. The van der Waals surface area contributed by atoms with E-state index in [1.807, 2.05) is 0 Å². The van der Waals surface area contributed by atoms with Crippen molar-refractivity contribution in [1.82, 2.24) is 9.97 Å². The van der Waals surface area contributed by atoms with Crippen LogP contribution in [0.15, 0.2) is 9.79 Å². The Morgan fingerprint density at radius 3 is 2.64 bits per heavy atom. The second-order valence-electron chi connectivity index (χ2n) is 7.86. The molecule has 8 heteroatoms. The van der Waals surface area contributed by atoms with Gasteiger partial charge in [0.15, 0.2) is 12.0 Å². The van der Waals surface area contributed by atoms with Gasteiger partial charge in [0, 0.05) is 5.25 Å². The van der Waals surface area contributed by atoms with Gasteiger partial charge in [-0.3, -0.25) is 9.79 Å². The van der Waals surface area contributed by atoms with Crippen molar-refractivity contribution < 1.29 is 13.9 Å². The van der Waals surface area contributed by atoms with Crippen LogP contribution in [0.2, 0.25) is 0 Å². The molecule has 5 nitrogen and oxygen atoms in total. The van der Waals surface area contributed by atoms with Crippen LogP contribution in [0.25, 0.3) is 11.9 Å². The Labute approximate surface area is 166 Å². The van der Waals surface area contributed by atoms with E-state index in [9.17, 15) is 18.7 Å². The van der Waals surface area contributed by atoms with Gasteiger partial charge in [-0.2, -0.15) is 11.8 Å². The van der Waals surface area contributed by atoms with Gasteiger partial charge in [-0.25, -0.2) is 13.8 Å². The lowest BCUT2D eigenvalue weighted by Gasteiger charge is -2.24. The predicted molar refractivity (Wildman–Crippen MR) is 107 cm³/mol. The first-order valence-electron chi connectivity index (χ1n) is 10.0. The van der Waals surface area contributed by atoms with Crippen molar-refractivity contribution in [3.8, 4) is 0 Å². The van der Waals surface area contributed by atoms with Crippen molar-refractivity contribution in [3.05, 3.63) is 26.7 Å². The lowest BCUT2D eigenvalue weighted by atomic mass is 9.97. The Morgan fingerprint density at radius 2 is 1.93 bits per heavy atom. The van der Waals surface area contributed by atoms with Crippen molar-refractivity contribution in [2.75, 3.05) is 0 Å². The number of alkyl halides is 1. The van der Waals surface area contributed by atoms with Gasteiger partial charge in [0.05, 0.1) is 29.0 Å².